The molecule has 182 valence electrons. The molecule has 0 aliphatic heterocycles. The van der Waals surface area contributed by atoms with Crippen LogP contribution in [0.3, 0.4) is 0 Å². The van der Waals surface area contributed by atoms with Crippen LogP contribution in [0.1, 0.15) is 5.56 Å². The second kappa shape index (κ2) is 9.42. The van der Waals surface area contributed by atoms with Crippen LogP contribution in [0.4, 0.5) is 38.0 Å². The molecular weight excluding hydrogens is 492 g/mol. The molecular formula is C19H15F6N5O3S. The molecule has 0 aliphatic rings. The summed E-state index contributed by atoms with van der Waals surface area (Å²) in [6.07, 6.45) is -9.33. The number of ether oxygens (including phenoxy) is 1. The molecule has 0 saturated carbocycles. The quantitative estimate of drug-likeness (QED) is 0.463. The van der Waals surface area contributed by atoms with Gasteiger partial charge in [-0.3, -0.25) is 0 Å². The highest BCUT2D eigenvalue weighted by Gasteiger charge is 2.31. The summed E-state index contributed by atoms with van der Waals surface area (Å²) in [7, 11) is -2.54. The van der Waals surface area contributed by atoms with Gasteiger partial charge in [-0.1, -0.05) is 6.07 Å². The number of nitrogens with zero attached hydrogens (tertiary/aromatic N) is 3. The van der Waals surface area contributed by atoms with Crippen molar-refractivity contribution in [2.24, 2.45) is 0 Å². The highest BCUT2D eigenvalue weighted by Crippen LogP contribution is 2.31. The zero-order valence-electron chi connectivity index (χ0n) is 17.1. The van der Waals surface area contributed by atoms with Crippen molar-refractivity contribution in [1.82, 2.24) is 19.7 Å². The normalized spacial score (nSPS) is 12.4. The highest BCUT2D eigenvalue weighted by molar-refractivity contribution is 7.89. The lowest BCUT2D eigenvalue weighted by molar-refractivity contribution is -0.154. The summed E-state index contributed by atoms with van der Waals surface area (Å²) in [5.74, 6) is -0.608. The zero-order chi connectivity index (χ0) is 25.1. The predicted octanol–water partition coefficient (Wildman–Crippen LogP) is 4.15. The Morgan fingerprint density at radius 3 is 2.21 bits per heavy atom. The van der Waals surface area contributed by atoms with E-state index in [1.807, 2.05) is 0 Å². The first kappa shape index (κ1) is 25.2. The average molecular weight is 507 g/mol. The molecule has 1 heterocycles. The van der Waals surface area contributed by atoms with E-state index in [9.17, 15) is 34.8 Å². The van der Waals surface area contributed by atoms with E-state index in [-0.39, 0.29) is 22.0 Å². The molecule has 0 bridgehead atoms. The van der Waals surface area contributed by atoms with Crippen molar-refractivity contribution in [3.63, 3.8) is 0 Å². The molecule has 0 radical (unpaired) electrons. The van der Waals surface area contributed by atoms with Crippen molar-refractivity contribution in [2.45, 2.75) is 17.2 Å². The van der Waals surface area contributed by atoms with Crippen molar-refractivity contribution in [1.29, 1.82) is 0 Å². The largest absolute Gasteiger partial charge is 0.454 e. The molecule has 0 spiro atoms. The molecule has 2 N–H and O–H groups in total. The van der Waals surface area contributed by atoms with Crippen molar-refractivity contribution < 1.29 is 39.5 Å². The van der Waals surface area contributed by atoms with Gasteiger partial charge in [-0.2, -0.15) is 41.3 Å². The molecule has 2 aromatic carbocycles. The molecule has 15 heteroatoms. The Hall–Kier alpha value is -3.46. The predicted molar refractivity (Wildman–Crippen MR) is 108 cm³/mol. The van der Waals surface area contributed by atoms with Crippen LogP contribution in [0, 0.1) is 0 Å². The Bertz CT molecular complexity index is 1260. The van der Waals surface area contributed by atoms with Crippen molar-refractivity contribution in [3.05, 3.63) is 54.1 Å². The second-order valence-electron chi connectivity index (χ2n) is 6.60. The minimum absolute atomic E-state index is 0.0933. The molecule has 0 aliphatic carbocycles. The van der Waals surface area contributed by atoms with Crippen molar-refractivity contribution in [3.8, 4) is 17.4 Å². The van der Waals surface area contributed by atoms with Gasteiger partial charge in [0.05, 0.1) is 10.5 Å². The maximum Gasteiger partial charge on any atom is 0.422 e. The first-order valence-corrected chi connectivity index (χ1v) is 10.7. The molecule has 34 heavy (non-hydrogen) atoms. The van der Waals surface area contributed by atoms with Crippen LogP contribution in [0.15, 0.2) is 53.4 Å². The van der Waals surface area contributed by atoms with E-state index in [1.54, 1.807) is 0 Å². The van der Waals surface area contributed by atoms with Crippen LogP contribution < -0.4 is 14.8 Å². The minimum Gasteiger partial charge on any atom is -0.454 e. The summed E-state index contributed by atoms with van der Waals surface area (Å²) in [6.45, 7) is -1.72. The van der Waals surface area contributed by atoms with Gasteiger partial charge in [0.1, 0.15) is 0 Å². The van der Waals surface area contributed by atoms with Gasteiger partial charge in [0.15, 0.2) is 12.4 Å². The summed E-state index contributed by atoms with van der Waals surface area (Å²) >= 11 is 0. The maximum atomic E-state index is 13.0. The third-order valence-corrected chi connectivity index (χ3v) is 5.55. The van der Waals surface area contributed by atoms with Gasteiger partial charge >= 0.3 is 18.4 Å². The van der Waals surface area contributed by atoms with Gasteiger partial charge in [-0.15, -0.1) is 0 Å². The second-order valence-corrected chi connectivity index (χ2v) is 8.49. The summed E-state index contributed by atoms with van der Waals surface area (Å²) in [6, 6.07) is 8.25. The molecule has 0 atom stereocenters. The van der Waals surface area contributed by atoms with Crippen LogP contribution >= 0.6 is 0 Å². The van der Waals surface area contributed by atoms with Crippen molar-refractivity contribution >= 4 is 21.7 Å². The summed E-state index contributed by atoms with van der Waals surface area (Å²) in [5, 5.41) is 2.48. The van der Waals surface area contributed by atoms with Crippen LogP contribution in [-0.4, -0.2) is 43.2 Å². The zero-order valence-corrected chi connectivity index (χ0v) is 17.9. The van der Waals surface area contributed by atoms with E-state index < -0.39 is 46.5 Å². The Kier molecular flexibility index (Phi) is 6.97. The van der Waals surface area contributed by atoms with Crippen molar-refractivity contribution in [2.75, 3.05) is 19.0 Å². The highest BCUT2D eigenvalue weighted by atomic mass is 32.2. The van der Waals surface area contributed by atoms with Crippen LogP contribution in [-0.2, 0) is 16.2 Å². The average Bonchev–Trinajstić information content (AvgIpc) is 2.77. The molecule has 0 saturated heterocycles. The standard InChI is InChI=1S/C19H15F6N5O3S/c1-26-34(31,32)14-7-5-11(6-8-14)15-28-16(30-17(29-15)33-10-18(20,21)22)27-13-4-2-3-12(9-13)19(23,24)25/h2-9,26H,10H2,1H3,(H,27,28,29,30). The van der Waals surface area contributed by atoms with Crippen LogP contribution in [0.2, 0.25) is 0 Å². The number of hydrogen-bond donors (Lipinski definition) is 2. The Balaban J connectivity index is 1.99. The fraction of sp³-hybridized carbons (Fsp3) is 0.211. The summed E-state index contributed by atoms with van der Waals surface area (Å²) < 4.78 is 107. The maximum absolute atomic E-state index is 13.0. The number of benzene rings is 2. The number of nitrogens with one attached hydrogen (secondary N) is 2. The first-order chi connectivity index (χ1) is 15.8. The topological polar surface area (TPSA) is 106 Å². The molecule has 0 unspecified atom stereocenters. The summed E-state index contributed by atoms with van der Waals surface area (Å²) in [4.78, 5) is 11.4. The molecule has 8 nitrogen and oxygen atoms in total. The van der Waals surface area contributed by atoms with Gasteiger partial charge in [-0.25, -0.2) is 13.1 Å². The van der Waals surface area contributed by atoms with Gasteiger partial charge in [0, 0.05) is 11.3 Å². The van der Waals surface area contributed by atoms with Gasteiger partial charge in [0.2, 0.25) is 16.0 Å². The molecule has 0 amide bonds. The number of halogens is 6. The van der Waals surface area contributed by atoms with Gasteiger partial charge in [0.25, 0.3) is 0 Å². The number of aromatic nitrogens is 3. The monoisotopic (exact) mass is 507 g/mol. The number of anilines is 2. The lowest BCUT2D eigenvalue weighted by Gasteiger charge is -2.12. The molecule has 3 rings (SSSR count). The van der Waals surface area contributed by atoms with Gasteiger partial charge < -0.3 is 10.1 Å². The Morgan fingerprint density at radius 2 is 1.62 bits per heavy atom. The number of hydrogen-bond acceptors (Lipinski definition) is 7. The fourth-order valence-electron chi connectivity index (χ4n) is 2.56. The van der Waals surface area contributed by atoms with Crippen LogP contribution in [0.5, 0.6) is 6.01 Å². The Labute approximate surface area is 189 Å². The van der Waals surface area contributed by atoms with E-state index in [1.165, 1.54) is 37.4 Å². The van der Waals surface area contributed by atoms with E-state index in [0.29, 0.717) is 0 Å². The fourth-order valence-corrected chi connectivity index (χ4v) is 3.29. The lowest BCUT2D eigenvalue weighted by Crippen LogP contribution is -2.20. The molecule has 1 aromatic heterocycles. The van der Waals surface area contributed by atoms with Gasteiger partial charge in [-0.05, 0) is 49.5 Å². The number of sulfonamides is 1. The van der Waals surface area contributed by atoms with Crippen LogP contribution in [0.25, 0.3) is 11.4 Å². The third-order valence-electron chi connectivity index (χ3n) is 4.12. The van der Waals surface area contributed by atoms with E-state index in [2.05, 4.69) is 29.7 Å². The SMILES string of the molecule is CNS(=O)(=O)c1ccc(-c2nc(Nc3cccc(C(F)(F)F)c3)nc(OCC(F)(F)F)n2)cc1. The molecule has 3 aromatic rings. The third kappa shape index (κ3) is 6.54. The van der Waals surface area contributed by atoms with E-state index >= 15 is 0 Å². The lowest BCUT2D eigenvalue weighted by atomic mass is 10.2. The van der Waals surface area contributed by atoms with E-state index in [0.717, 1.165) is 18.2 Å². The minimum atomic E-state index is -4.70. The summed E-state index contributed by atoms with van der Waals surface area (Å²) in [5.41, 5.74) is -0.882. The smallest absolute Gasteiger partial charge is 0.422 e. The number of alkyl halides is 6. The molecule has 0 fully saturated rings. The first-order valence-electron chi connectivity index (χ1n) is 9.21. The van der Waals surface area contributed by atoms with E-state index in [4.69, 9.17) is 0 Å². The Morgan fingerprint density at radius 1 is 0.941 bits per heavy atom. The number of rotatable bonds is 7.